The molecule has 0 nitrogen and oxygen atoms in total. The standard InChI is InChI=1S/C11H22/c1-4-5-6-7-8-9-10-11(2)3/h10H,4-9H2,1-3H3. The van der Waals surface area contributed by atoms with Crippen LogP contribution in [0.1, 0.15) is 59.3 Å². The van der Waals surface area contributed by atoms with Crippen molar-refractivity contribution in [3.05, 3.63) is 11.6 Å². The molecule has 0 aromatic heterocycles. The summed E-state index contributed by atoms with van der Waals surface area (Å²) in [6.07, 6.45) is 10.6. The summed E-state index contributed by atoms with van der Waals surface area (Å²) in [5, 5.41) is 0. The van der Waals surface area contributed by atoms with Crippen molar-refractivity contribution in [2.45, 2.75) is 59.3 Å². The second-order valence-electron chi connectivity index (χ2n) is 3.48. The number of hydrogen-bond acceptors (Lipinski definition) is 0. The smallest absolute Gasteiger partial charge is 0.0348 e. The molecule has 66 valence electrons. The molecule has 0 unspecified atom stereocenters. The topological polar surface area (TPSA) is 0 Å². The molecule has 0 atom stereocenters. The Morgan fingerprint density at radius 1 is 1.00 bits per heavy atom. The van der Waals surface area contributed by atoms with E-state index in [0.717, 1.165) is 0 Å². The summed E-state index contributed by atoms with van der Waals surface area (Å²) >= 11 is 0. The van der Waals surface area contributed by atoms with Gasteiger partial charge in [0, 0.05) is 0 Å². The maximum absolute atomic E-state index is 2.34. The Morgan fingerprint density at radius 3 is 2.18 bits per heavy atom. The molecule has 0 spiro atoms. The molecule has 0 heterocycles. The Balaban J connectivity index is 2.97. The van der Waals surface area contributed by atoms with Crippen molar-refractivity contribution < 1.29 is 0 Å². The first-order valence-corrected chi connectivity index (χ1v) is 4.90. The number of allylic oxidation sites excluding steroid dienone is 2. The summed E-state index contributed by atoms with van der Waals surface area (Å²) in [6.45, 7) is 6.61. The predicted molar refractivity (Wildman–Crippen MR) is 52.8 cm³/mol. The first-order valence-electron chi connectivity index (χ1n) is 4.90. The summed E-state index contributed by atoms with van der Waals surface area (Å²) in [4.78, 5) is 0. The van der Waals surface area contributed by atoms with Gasteiger partial charge in [0.05, 0.1) is 0 Å². The molecule has 0 aliphatic heterocycles. The lowest BCUT2D eigenvalue weighted by atomic mass is 10.1. The van der Waals surface area contributed by atoms with Gasteiger partial charge >= 0.3 is 0 Å². The zero-order valence-corrected chi connectivity index (χ0v) is 8.32. The van der Waals surface area contributed by atoms with E-state index in [1.165, 1.54) is 44.1 Å². The summed E-state index contributed by atoms with van der Waals surface area (Å²) in [6, 6.07) is 0. The quantitative estimate of drug-likeness (QED) is 0.395. The minimum absolute atomic E-state index is 1.28. The van der Waals surface area contributed by atoms with Crippen LogP contribution in [0.5, 0.6) is 0 Å². The minimum atomic E-state index is 1.28. The van der Waals surface area contributed by atoms with Gasteiger partial charge in [0.2, 0.25) is 0 Å². The fourth-order valence-electron chi connectivity index (χ4n) is 1.14. The molecule has 0 rings (SSSR count). The van der Waals surface area contributed by atoms with Gasteiger partial charge in [-0.15, -0.1) is 0 Å². The molecule has 0 aliphatic carbocycles. The van der Waals surface area contributed by atoms with Crippen molar-refractivity contribution in [1.29, 1.82) is 0 Å². The van der Waals surface area contributed by atoms with Crippen molar-refractivity contribution in [1.82, 2.24) is 0 Å². The van der Waals surface area contributed by atoms with Crippen LogP contribution in [0.2, 0.25) is 0 Å². The molecule has 0 saturated heterocycles. The van der Waals surface area contributed by atoms with E-state index in [1.54, 1.807) is 0 Å². The molecular weight excluding hydrogens is 132 g/mol. The average Bonchev–Trinajstić information content (AvgIpc) is 1.96. The first-order chi connectivity index (χ1) is 5.27. The molecule has 0 radical (unpaired) electrons. The highest BCUT2D eigenvalue weighted by Gasteiger charge is 1.86. The van der Waals surface area contributed by atoms with Crippen molar-refractivity contribution in [3.63, 3.8) is 0 Å². The molecule has 11 heavy (non-hydrogen) atoms. The highest BCUT2D eigenvalue weighted by atomic mass is 13.9. The van der Waals surface area contributed by atoms with E-state index >= 15 is 0 Å². The van der Waals surface area contributed by atoms with E-state index in [1.807, 2.05) is 0 Å². The summed E-state index contributed by atoms with van der Waals surface area (Å²) < 4.78 is 0. The lowest BCUT2D eigenvalue weighted by molar-refractivity contribution is 0.637. The third-order valence-electron chi connectivity index (χ3n) is 1.86. The molecular formula is C11H22. The Bertz CT molecular complexity index is 96.6. The number of unbranched alkanes of at least 4 members (excludes halogenated alkanes) is 5. The van der Waals surface area contributed by atoms with Crippen LogP contribution >= 0.6 is 0 Å². The largest absolute Gasteiger partial charge is 0.0859 e. The number of rotatable bonds is 6. The summed E-state index contributed by atoms with van der Waals surface area (Å²) in [5.74, 6) is 0. The van der Waals surface area contributed by atoms with E-state index in [-0.39, 0.29) is 0 Å². The highest BCUT2D eigenvalue weighted by molar-refractivity contribution is 4.92. The van der Waals surface area contributed by atoms with Gasteiger partial charge in [-0.05, 0) is 26.7 Å². The molecule has 0 saturated carbocycles. The van der Waals surface area contributed by atoms with Crippen LogP contribution in [0.25, 0.3) is 0 Å². The SMILES string of the molecule is CCCCCCCC=C(C)C. The third-order valence-corrected chi connectivity index (χ3v) is 1.86. The van der Waals surface area contributed by atoms with Gasteiger partial charge in [-0.1, -0.05) is 44.3 Å². The molecule has 0 bridgehead atoms. The molecule has 0 aromatic carbocycles. The molecule has 0 fully saturated rings. The van der Waals surface area contributed by atoms with Crippen LogP contribution in [-0.2, 0) is 0 Å². The van der Waals surface area contributed by atoms with Crippen LogP contribution in [0, 0.1) is 0 Å². The van der Waals surface area contributed by atoms with Gasteiger partial charge in [0.15, 0.2) is 0 Å². The van der Waals surface area contributed by atoms with Crippen LogP contribution < -0.4 is 0 Å². The van der Waals surface area contributed by atoms with Gasteiger partial charge in [-0.2, -0.15) is 0 Å². The summed E-state index contributed by atoms with van der Waals surface area (Å²) in [7, 11) is 0. The normalized spacial score (nSPS) is 9.73. The van der Waals surface area contributed by atoms with Crippen molar-refractivity contribution in [2.24, 2.45) is 0 Å². The second-order valence-corrected chi connectivity index (χ2v) is 3.48. The fourth-order valence-corrected chi connectivity index (χ4v) is 1.14. The van der Waals surface area contributed by atoms with Crippen molar-refractivity contribution in [3.8, 4) is 0 Å². The molecule has 0 aromatic rings. The Labute approximate surface area is 71.7 Å². The molecule has 0 N–H and O–H groups in total. The van der Waals surface area contributed by atoms with E-state index < -0.39 is 0 Å². The van der Waals surface area contributed by atoms with Crippen LogP contribution in [-0.4, -0.2) is 0 Å². The van der Waals surface area contributed by atoms with Crippen LogP contribution in [0.4, 0.5) is 0 Å². The van der Waals surface area contributed by atoms with Gasteiger partial charge in [-0.25, -0.2) is 0 Å². The fraction of sp³-hybridized carbons (Fsp3) is 0.818. The maximum Gasteiger partial charge on any atom is -0.0348 e. The molecule has 0 amide bonds. The van der Waals surface area contributed by atoms with Gasteiger partial charge in [-0.3, -0.25) is 0 Å². The van der Waals surface area contributed by atoms with Crippen molar-refractivity contribution >= 4 is 0 Å². The lowest BCUT2D eigenvalue weighted by Crippen LogP contribution is -1.76. The van der Waals surface area contributed by atoms with Crippen molar-refractivity contribution in [2.75, 3.05) is 0 Å². The summed E-state index contributed by atoms with van der Waals surface area (Å²) in [5.41, 5.74) is 1.46. The zero-order chi connectivity index (χ0) is 8.53. The Kier molecular flexibility index (Phi) is 7.66. The lowest BCUT2D eigenvalue weighted by Gasteiger charge is -1.96. The van der Waals surface area contributed by atoms with Gasteiger partial charge < -0.3 is 0 Å². The van der Waals surface area contributed by atoms with Gasteiger partial charge in [0.25, 0.3) is 0 Å². The van der Waals surface area contributed by atoms with E-state index in [4.69, 9.17) is 0 Å². The molecule has 0 heteroatoms. The van der Waals surface area contributed by atoms with E-state index in [0.29, 0.717) is 0 Å². The van der Waals surface area contributed by atoms with E-state index in [9.17, 15) is 0 Å². The zero-order valence-electron chi connectivity index (χ0n) is 8.32. The van der Waals surface area contributed by atoms with Crippen LogP contribution in [0.15, 0.2) is 11.6 Å². The average molecular weight is 154 g/mol. The van der Waals surface area contributed by atoms with Gasteiger partial charge in [0.1, 0.15) is 0 Å². The highest BCUT2D eigenvalue weighted by Crippen LogP contribution is 2.06. The monoisotopic (exact) mass is 154 g/mol. The van der Waals surface area contributed by atoms with E-state index in [2.05, 4.69) is 26.8 Å². The van der Waals surface area contributed by atoms with Crippen LogP contribution in [0.3, 0.4) is 0 Å². The maximum atomic E-state index is 2.34. The molecule has 0 aliphatic rings. The predicted octanol–water partition coefficient (Wildman–Crippen LogP) is 4.31. The Morgan fingerprint density at radius 2 is 1.64 bits per heavy atom. The first kappa shape index (κ1) is 10.7. The second kappa shape index (κ2) is 7.84. The minimum Gasteiger partial charge on any atom is -0.0859 e. The number of hydrogen-bond donors (Lipinski definition) is 0. The third kappa shape index (κ3) is 9.74. The Hall–Kier alpha value is -0.260.